The normalized spacial score (nSPS) is 13.4. The minimum absolute atomic E-state index is 0.422. The quantitative estimate of drug-likeness (QED) is 0.180. The summed E-state index contributed by atoms with van der Waals surface area (Å²) in [4.78, 5) is 30.4. The van der Waals surface area contributed by atoms with E-state index in [1.165, 1.54) is 38.9 Å². The second-order valence-electron chi connectivity index (χ2n) is 14.7. The van der Waals surface area contributed by atoms with Gasteiger partial charge < -0.3 is 0 Å². The Hall–Kier alpha value is -7.84. The van der Waals surface area contributed by atoms with Gasteiger partial charge in [-0.2, -0.15) is 15.0 Å². The smallest absolute Gasteiger partial charge is 0.242 e. The topological polar surface area (TPSA) is 87.2 Å². The molecule has 264 valence electrons. The number of nitrogens with zero attached hydrogens (tertiary/aromatic N) is 8. The summed E-state index contributed by atoms with van der Waals surface area (Å²) in [5.41, 5.74) is 13.7. The summed E-state index contributed by atoms with van der Waals surface area (Å²) >= 11 is 0. The van der Waals surface area contributed by atoms with E-state index in [0.29, 0.717) is 17.7 Å². The molecule has 8 nitrogen and oxygen atoms in total. The number of pyridine rings is 3. The molecule has 8 heteroatoms. The summed E-state index contributed by atoms with van der Waals surface area (Å²) in [6, 6.07) is 53.7. The van der Waals surface area contributed by atoms with E-state index in [1.807, 2.05) is 39.6 Å². The predicted octanol–water partition coefficient (Wildman–Crippen LogP) is 10.3. The average molecular weight is 729 g/mol. The first-order valence-electron chi connectivity index (χ1n) is 19.0. The largest absolute Gasteiger partial charge is 0.262 e. The van der Waals surface area contributed by atoms with Crippen LogP contribution in [0.1, 0.15) is 22.3 Å². The van der Waals surface area contributed by atoms with Crippen molar-refractivity contribution in [3.8, 4) is 45.5 Å². The number of para-hydroxylation sites is 1. The standard InChI is InChI=1S/C49H28N8/c1-5-19-38-30(12-1)31-13-2-6-20-39(31)49(38)40-21-7-3-14-32(40)37-28-29(23-24-41(37)49)43-53-47(56-42-22-8-4-15-33(42)34-16-9-25-50-44(34)56)55-48(54-43)57-45-35(17-10-26-51-45)36-18-11-27-52-46(36)57/h1-28H. The molecule has 13 rings (SSSR count). The minimum atomic E-state index is -0.442. The van der Waals surface area contributed by atoms with Crippen molar-refractivity contribution in [2.45, 2.75) is 5.41 Å². The summed E-state index contributed by atoms with van der Waals surface area (Å²) in [5, 5.41) is 4.03. The van der Waals surface area contributed by atoms with E-state index in [0.717, 1.165) is 55.1 Å². The van der Waals surface area contributed by atoms with Gasteiger partial charge in [-0.3, -0.25) is 4.57 Å². The molecule has 6 aromatic heterocycles. The molecule has 0 fully saturated rings. The predicted molar refractivity (Wildman–Crippen MR) is 224 cm³/mol. The second kappa shape index (κ2) is 11.1. The van der Waals surface area contributed by atoms with Crippen molar-refractivity contribution in [3.63, 3.8) is 0 Å². The lowest BCUT2D eigenvalue weighted by atomic mass is 9.70. The Bertz CT molecular complexity index is 3220. The van der Waals surface area contributed by atoms with Gasteiger partial charge in [0.25, 0.3) is 0 Å². The highest BCUT2D eigenvalue weighted by molar-refractivity contribution is 6.08. The van der Waals surface area contributed by atoms with Crippen LogP contribution in [0.25, 0.3) is 89.5 Å². The number of benzene rings is 5. The lowest BCUT2D eigenvalue weighted by Gasteiger charge is -2.30. The van der Waals surface area contributed by atoms with E-state index in [9.17, 15) is 0 Å². The molecule has 2 aliphatic carbocycles. The molecule has 0 saturated carbocycles. The van der Waals surface area contributed by atoms with Crippen molar-refractivity contribution in [3.05, 3.63) is 193 Å². The van der Waals surface area contributed by atoms with Crippen LogP contribution in [0.3, 0.4) is 0 Å². The number of hydrogen-bond donors (Lipinski definition) is 0. The fourth-order valence-electron chi connectivity index (χ4n) is 9.78. The molecule has 0 amide bonds. The molecule has 6 heterocycles. The zero-order chi connectivity index (χ0) is 37.2. The van der Waals surface area contributed by atoms with Gasteiger partial charge in [0.1, 0.15) is 16.9 Å². The first-order valence-corrected chi connectivity index (χ1v) is 19.0. The molecule has 0 N–H and O–H groups in total. The van der Waals surface area contributed by atoms with Gasteiger partial charge in [-0.05, 0) is 93.0 Å². The van der Waals surface area contributed by atoms with Crippen LogP contribution in [0.5, 0.6) is 0 Å². The van der Waals surface area contributed by atoms with Gasteiger partial charge in [0, 0.05) is 45.7 Å². The maximum atomic E-state index is 5.31. The van der Waals surface area contributed by atoms with Gasteiger partial charge in [0.05, 0.1) is 10.9 Å². The molecule has 0 radical (unpaired) electrons. The van der Waals surface area contributed by atoms with Gasteiger partial charge in [0.15, 0.2) is 5.82 Å². The molecule has 0 unspecified atom stereocenters. The Balaban J connectivity index is 1.11. The molecule has 2 aliphatic rings. The van der Waals surface area contributed by atoms with E-state index in [-0.39, 0.29) is 0 Å². The number of rotatable bonds is 3. The first-order chi connectivity index (χ1) is 28.3. The molecular weight excluding hydrogens is 701 g/mol. The molecular formula is C49H28N8. The second-order valence-corrected chi connectivity index (χ2v) is 14.7. The van der Waals surface area contributed by atoms with Gasteiger partial charge >= 0.3 is 0 Å². The summed E-state index contributed by atoms with van der Waals surface area (Å²) < 4.78 is 3.99. The SMILES string of the molecule is c1ccc2c(c1)-c1ccccc1C21c2ccccc2-c2cc(-c3nc(-n4c5ccccc5c5cccnc54)nc(-n4c5ncccc5c5cccnc54)n3)ccc21. The Labute approximate surface area is 325 Å². The van der Waals surface area contributed by atoms with Crippen LogP contribution in [-0.4, -0.2) is 39.0 Å². The van der Waals surface area contributed by atoms with Crippen molar-refractivity contribution in [2.24, 2.45) is 0 Å². The molecule has 57 heavy (non-hydrogen) atoms. The van der Waals surface area contributed by atoms with Crippen LogP contribution < -0.4 is 0 Å². The van der Waals surface area contributed by atoms with Crippen LogP contribution in [0.2, 0.25) is 0 Å². The highest BCUT2D eigenvalue weighted by atomic mass is 15.3. The van der Waals surface area contributed by atoms with Crippen LogP contribution in [0, 0.1) is 0 Å². The fourth-order valence-corrected chi connectivity index (χ4v) is 9.78. The maximum absolute atomic E-state index is 5.31. The summed E-state index contributed by atoms with van der Waals surface area (Å²) in [5.74, 6) is 1.41. The van der Waals surface area contributed by atoms with Crippen LogP contribution >= 0.6 is 0 Å². The summed E-state index contributed by atoms with van der Waals surface area (Å²) in [7, 11) is 0. The Morgan fingerprint density at radius 1 is 0.368 bits per heavy atom. The Kier molecular flexibility index (Phi) is 5.94. The van der Waals surface area contributed by atoms with E-state index in [1.54, 1.807) is 12.4 Å². The van der Waals surface area contributed by atoms with Crippen LogP contribution in [-0.2, 0) is 5.41 Å². The third-order valence-corrected chi connectivity index (χ3v) is 12.0. The van der Waals surface area contributed by atoms with Crippen molar-refractivity contribution in [2.75, 3.05) is 0 Å². The lowest BCUT2D eigenvalue weighted by Crippen LogP contribution is -2.25. The molecule has 0 aliphatic heterocycles. The minimum Gasteiger partial charge on any atom is -0.262 e. The molecule has 5 aromatic carbocycles. The highest BCUT2D eigenvalue weighted by Gasteiger charge is 2.51. The Morgan fingerprint density at radius 2 is 0.825 bits per heavy atom. The number of hydrogen-bond acceptors (Lipinski definition) is 6. The van der Waals surface area contributed by atoms with Crippen molar-refractivity contribution < 1.29 is 0 Å². The third kappa shape index (κ3) is 3.90. The van der Waals surface area contributed by atoms with Gasteiger partial charge in [-0.25, -0.2) is 19.5 Å². The number of fused-ring (bicyclic) bond motifs is 16. The zero-order valence-corrected chi connectivity index (χ0v) is 30.2. The molecule has 0 atom stereocenters. The molecule has 1 spiro atoms. The zero-order valence-electron chi connectivity index (χ0n) is 30.2. The van der Waals surface area contributed by atoms with Gasteiger partial charge in [-0.1, -0.05) is 103 Å². The van der Waals surface area contributed by atoms with E-state index in [2.05, 4.69) is 127 Å². The van der Waals surface area contributed by atoms with Crippen LogP contribution in [0.4, 0.5) is 0 Å². The molecule has 0 bridgehead atoms. The highest BCUT2D eigenvalue weighted by Crippen LogP contribution is 2.62. The lowest BCUT2D eigenvalue weighted by molar-refractivity contribution is 0.793. The maximum Gasteiger partial charge on any atom is 0.242 e. The van der Waals surface area contributed by atoms with E-state index in [4.69, 9.17) is 29.9 Å². The first kappa shape index (κ1) is 30.5. The van der Waals surface area contributed by atoms with Crippen LogP contribution in [0.15, 0.2) is 170 Å². The van der Waals surface area contributed by atoms with Crippen molar-refractivity contribution >= 4 is 44.0 Å². The molecule has 11 aromatic rings. The van der Waals surface area contributed by atoms with Crippen molar-refractivity contribution in [1.82, 2.24) is 39.0 Å². The molecule has 0 saturated heterocycles. The average Bonchev–Trinajstić information content (AvgIpc) is 3.98. The third-order valence-electron chi connectivity index (χ3n) is 12.0. The monoisotopic (exact) mass is 728 g/mol. The van der Waals surface area contributed by atoms with Crippen molar-refractivity contribution in [1.29, 1.82) is 0 Å². The number of aromatic nitrogens is 8. The van der Waals surface area contributed by atoms with Gasteiger partial charge in [-0.15, -0.1) is 0 Å². The Morgan fingerprint density at radius 3 is 1.44 bits per heavy atom. The summed E-state index contributed by atoms with van der Waals surface area (Å²) in [6.07, 6.45) is 5.41. The van der Waals surface area contributed by atoms with E-state index >= 15 is 0 Å². The summed E-state index contributed by atoms with van der Waals surface area (Å²) in [6.45, 7) is 0. The van der Waals surface area contributed by atoms with Gasteiger partial charge in [0.2, 0.25) is 11.9 Å². The fraction of sp³-hybridized carbons (Fsp3) is 0.0204. The van der Waals surface area contributed by atoms with E-state index < -0.39 is 5.41 Å².